The summed E-state index contributed by atoms with van der Waals surface area (Å²) in [7, 11) is 0. The number of hydrogen-bond acceptors (Lipinski definition) is 5. The van der Waals surface area contributed by atoms with Gasteiger partial charge in [-0.2, -0.15) is 0 Å². The molecule has 8 heteroatoms. The smallest absolute Gasteiger partial charge is 0.269 e. The Kier molecular flexibility index (Phi) is 4.76. The van der Waals surface area contributed by atoms with E-state index in [1.54, 1.807) is 18.3 Å². The van der Waals surface area contributed by atoms with Gasteiger partial charge in [0.15, 0.2) is 0 Å². The van der Waals surface area contributed by atoms with Crippen molar-refractivity contribution in [2.45, 2.75) is 0 Å². The zero-order valence-electron chi connectivity index (χ0n) is 11.4. The zero-order chi connectivity index (χ0) is 15.9. The van der Waals surface area contributed by atoms with E-state index < -0.39 is 16.7 Å². The Morgan fingerprint density at radius 3 is 2.50 bits per heavy atom. The van der Waals surface area contributed by atoms with Crippen LogP contribution in [0, 0.1) is 10.1 Å². The average molecular weight is 300 g/mol. The number of nitrogens with one attached hydrogen (secondary N) is 2. The van der Waals surface area contributed by atoms with Crippen LogP contribution in [0.5, 0.6) is 0 Å². The molecule has 2 rings (SSSR count). The van der Waals surface area contributed by atoms with E-state index in [1.165, 1.54) is 30.5 Å². The number of carbonyl (C=O) groups is 2. The summed E-state index contributed by atoms with van der Waals surface area (Å²) in [5.74, 6) is -0.889. The second-order valence-corrected chi connectivity index (χ2v) is 4.28. The monoisotopic (exact) mass is 300 g/mol. The molecule has 0 bridgehead atoms. The van der Waals surface area contributed by atoms with Gasteiger partial charge >= 0.3 is 0 Å². The molecule has 0 saturated heterocycles. The average Bonchev–Trinajstić information content (AvgIpc) is 2.53. The molecule has 1 heterocycles. The second-order valence-electron chi connectivity index (χ2n) is 4.28. The minimum Gasteiger partial charge on any atom is -0.343 e. The van der Waals surface area contributed by atoms with Crippen LogP contribution in [0.4, 0.5) is 11.4 Å². The fraction of sp³-hybridized carbons (Fsp3) is 0.0714. The molecule has 0 atom stereocenters. The zero-order valence-corrected chi connectivity index (χ0v) is 11.4. The van der Waals surface area contributed by atoms with Crippen molar-refractivity contribution < 1.29 is 14.5 Å². The number of pyridine rings is 1. The van der Waals surface area contributed by atoms with E-state index in [-0.39, 0.29) is 17.8 Å². The van der Waals surface area contributed by atoms with E-state index in [0.717, 1.165) is 0 Å². The highest BCUT2D eigenvalue weighted by Gasteiger charge is 2.10. The highest BCUT2D eigenvalue weighted by atomic mass is 16.6. The summed E-state index contributed by atoms with van der Waals surface area (Å²) in [6.07, 6.45) is 3.06. The summed E-state index contributed by atoms with van der Waals surface area (Å²) in [5.41, 5.74) is 0.655. The normalized spacial score (nSPS) is 9.82. The summed E-state index contributed by atoms with van der Waals surface area (Å²) in [4.78, 5) is 37.3. The van der Waals surface area contributed by atoms with Crippen LogP contribution in [0.2, 0.25) is 0 Å². The van der Waals surface area contributed by atoms with Crippen LogP contribution in [-0.4, -0.2) is 28.3 Å². The Labute approximate surface area is 125 Å². The van der Waals surface area contributed by atoms with Crippen LogP contribution in [-0.2, 0) is 4.79 Å². The van der Waals surface area contributed by atoms with Crippen LogP contribution in [0.3, 0.4) is 0 Å². The largest absolute Gasteiger partial charge is 0.343 e. The van der Waals surface area contributed by atoms with E-state index in [9.17, 15) is 19.7 Å². The Balaban J connectivity index is 1.87. The van der Waals surface area contributed by atoms with Gasteiger partial charge in [0, 0.05) is 23.9 Å². The quantitative estimate of drug-likeness (QED) is 0.639. The van der Waals surface area contributed by atoms with Crippen molar-refractivity contribution in [2.75, 3.05) is 11.9 Å². The Hall–Kier alpha value is -3.29. The van der Waals surface area contributed by atoms with Gasteiger partial charge in [0.2, 0.25) is 5.91 Å². The van der Waals surface area contributed by atoms with E-state index >= 15 is 0 Å². The second kappa shape index (κ2) is 6.93. The Bertz CT molecular complexity index is 686. The molecule has 1 aromatic heterocycles. The number of nitro groups is 1. The van der Waals surface area contributed by atoms with Crippen LogP contribution >= 0.6 is 0 Å². The molecule has 22 heavy (non-hydrogen) atoms. The molecule has 0 unspecified atom stereocenters. The van der Waals surface area contributed by atoms with Crippen molar-refractivity contribution >= 4 is 23.2 Å². The van der Waals surface area contributed by atoms with Gasteiger partial charge in [-0.3, -0.25) is 24.7 Å². The fourth-order valence-electron chi connectivity index (χ4n) is 1.64. The van der Waals surface area contributed by atoms with E-state index in [0.29, 0.717) is 5.69 Å². The number of nitrogens with zero attached hydrogens (tertiary/aromatic N) is 2. The van der Waals surface area contributed by atoms with Gasteiger partial charge in [-0.05, 0) is 24.3 Å². The standard InChI is InChI=1S/C14H12N4O4/c19-13(17-11-2-1-7-15-8-11)9-16-14(20)10-3-5-12(6-4-10)18(21)22/h1-8H,9H2,(H,16,20)(H,17,19). The highest BCUT2D eigenvalue weighted by molar-refractivity contribution is 5.99. The number of hydrogen-bond donors (Lipinski definition) is 2. The molecular weight excluding hydrogens is 288 g/mol. The molecule has 0 aliphatic heterocycles. The van der Waals surface area contributed by atoms with Crippen molar-refractivity contribution in [2.24, 2.45) is 0 Å². The fourth-order valence-corrected chi connectivity index (χ4v) is 1.64. The summed E-state index contributed by atoms with van der Waals surface area (Å²) in [6.45, 7) is -0.218. The Morgan fingerprint density at radius 1 is 1.18 bits per heavy atom. The van der Waals surface area contributed by atoms with Crippen molar-refractivity contribution in [1.82, 2.24) is 10.3 Å². The summed E-state index contributed by atoms with van der Waals surface area (Å²) >= 11 is 0. The lowest BCUT2D eigenvalue weighted by Crippen LogP contribution is -2.32. The van der Waals surface area contributed by atoms with Gasteiger partial charge in [-0.1, -0.05) is 0 Å². The van der Waals surface area contributed by atoms with Crippen molar-refractivity contribution in [1.29, 1.82) is 0 Å². The first-order valence-electron chi connectivity index (χ1n) is 6.29. The lowest BCUT2D eigenvalue weighted by atomic mass is 10.2. The first-order chi connectivity index (χ1) is 10.6. The Morgan fingerprint density at radius 2 is 1.91 bits per heavy atom. The molecular formula is C14H12N4O4. The summed E-state index contributed by atoms with van der Waals surface area (Å²) < 4.78 is 0. The topological polar surface area (TPSA) is 114 Å². The molecule has 8 nitrogen and oxygen atoms in total. The van der Waals surface area contributed by atoms with Gasteiger partial charge in [0.1, 0.15) is 0 Å². The van der Waals surface area contributed by atoms with Crippen molar-refractivity contribution in [3.8, 4) is 0 Å². The van der Waals surface area contributed by atoms with Crippen LogP contribution in [0.25, 0.3) is 0 Å². The number of aromatic nitrogens is 1. The van der Waals surface area contributed by atoms with Gasteiger partial charge in [0.05, 0.1) is 23.4 Å². The molecule has 2 N–H and O–H groups in total. The third kappa shape index (κ3) is 4.10. The van der Waals surface area contributed by atoms with Crippen LogP contribution < -0.4 is 10.6 Å². The first-order valence-corrected chi connectivity index (χ1v) is 6.29. The molecule has 112 valence electrons. The number of carbonyl (C=O) groups excluding carboxylic acids is 2. The minimum absolute atomic E-state index is 0.106. The lowest BCUT2D eigenvalue weighted by molar-refractivity contribution is -0.384. The van der Waals surface area contributed by atoms with Gasteiger partial charge in [0.25, 0.3) is 11.6 Å². The molecule has 0 radical (unpaired) electrons. The maximum Gasteiger partial charge on any atom is 0.269 e. The van der Waals surface area contributed by atoms with Gasteiger partial charge < -0.3 is 10.6 Å². The predicted octanol–water partition coefficient (Wildman–Crippen LogP) is 1.36. The summed E-state index contributed by atoms with van der Waals surface area (Å²) in [6, 6.07) is 8.45. The maximum atomic E-state index is 11.8. The molecule has 0 aliphatic rings. The van der Waals surface area contributed by atoms with Crippen LogP contribution in [0.15, 0.2) is 48.8 Å². The molecule has 0 fully saturated rings. The number of non-ortho nitro benzene ring substituents is 1. The third-order valence-electron chi connectivity index (χ3n) is 2.70. The minimum atomic E-state index is -0.553. The SMILES string of the molecule is O=C(CNC(=O)c1ccc([N+](=O)[O-])cc1)Nc1cccnc1. The summed E-state index contributed by atoms with van der Waals surface area (Å²) in [5, 5.41) is 15.5. The molecule has 0 spiro atoms. The predicted molar refractivity (Wildman–Crippen MR) is 78.3 cm³/mol. The van der Waals surface area contributed by atoms with Crippen molar-refractivity contribution in [3.63, 3.8) is 0 Å². The van der Waals surface area contributed by atoms with Gasteiger partial charge in [-0.25, -0.2) is 0 Å². The first kappa shape index (κ1) is 15.1. The number of benzene rings is 1. The number of anilines is 1. The molecule has 0 saturated carbocycles. The molecule has 2 aromatic rings. The van der Waals surface area contributed by atoms with E-state index in [2.05, 4.69) is 15.6 Å². The third-order valence-corrected chi connectivity index (χ3v) is 2.70. The number of nitro benzene ring substituents is 1. The number of rotatable bonds is 5. The molecule has 0 aliphatic carbocycles. The van der Waals surface area contributed by atoms with E-state index in [4.69, 9.17) is 0 Å². The maximum absolute atomic E-state index is 11.8. The molecule has 2 amide bonds. The van der Waals surface area contributed by atoms with Crippen LogP contribution in [0.1, 0.15) is 10.4 Å². The highest BCUT2D eigenvalue weighted by Crippen LogP contribution is 2.11. The van der Waals surface area contributed by atoms with E-state index in [1.807, 2.05) is 0 Å². The molecule has 1 aromatic carbocycles. The number of amides is 2. The van der Waals surface area contributed by atoms with Crippen molar-refractivity contribution in [3.05, 3.63) is 64.5 Å². The lowest BCUT2D eigenvalue weighted by Gasteiger charge is -2.06. The van der Waals surface area contributed by atoms with Gasteiger partial charge in [-0.15, -0.1) is 0 Å².